The van der Waals surface area contributed by atoms with Crippen molar-refractivity contribution in [3.05, 3.63) is 48.5 Å². The van der Waals surface area contributed by atoms with Crippen molar-refractivity contribution in [2.24, 2.45) is 0 Å². The van der Waals surface area contributed by atoms with Gasteiger partial charge in [0.2, 0.25) is 0 Å². The Hall–Kier alpha value is -2.69. The number of carbonyl (C=O) groups is 1. The van der Waals surface area contributed by atoms with Crippen molar-refractivity contribution in [3.8, 4) is 17.2 Å². The molecule has 22 heavy (non-hydrogen) atoms. The van der Waals surface area contributed by atoms with Crippen LogP contribution in [0.2, 0.25) is 0 Å². The van der Waals surface area contributed by atoms with Gasteiger partial charge in [0.05, 0.1) is 19.9 Å². The van der Waals surface area contributed by atoms with Gasteiger partial charge in [0, 0.05) is 6.07 Å². The van der Waals surface area contributed by atoms with E-state index in [1.165, 1.54) is 7.11 Å². The Morgan fingerprint density at radius 3 is 2.36 bits per heavy atom. The van der Waals surface area contributed by atoms with Gasteiger partial charge < -0.3 is 19.5 Å². The molecule has 2 aromatic rings. The van der Waals surface area contributed by atoms with E-state index in [1.807, 2.05) is 18.2 Å². The Kier molecular flexibility index (Phi) is 5.25. The highest BCUT2D eigenvalue weighted by atomic mass is 16.5. The minimum atomic E-state index is -0.630. The van der Waals surface area contributed by atoms with E-state index < -0.39 is 6.10 Å². The summed E-state index contributed by atoms with van der Waals surface area (Å²) >= 11 is 0. The van der Waals surface area contributed by atoms with Crippen LogP contribution < -0.4 is 19.5 Å². The van der Waals surface area contributed by atoms with Crippen LogP contribution in [0.15, 0.2) is 48.5 Å². The largest absolute Gasteiger partial charge is 0.497 e. The molecule has 1 N–H and O–H groups in total. The van der Waals surface area contributed by atoms with Crippen molar-refractivity contribution in [1.82, 2.24) is 0 Å². The monoisotopic (exact) mass is 301 g/mol. The molecule has 1 atom stereocenters. The quantitative estimate of drug-likeness (QED) is 0.890. The van der Waals surface area contributed by atoms with Crippen molar-refractivity contribution in [2.45, 2.75) is 13.0 Å². The van der Waals surface area contributed by atoms with Crippen LogP contribution in [0.3, 0.4) is 0 Å². The van der Waals surface area contributed by atoms with Crippen molar-refractivity contribution < 1.29 is 19.0 Å². The average Bonchev–Trinajstić information content (AvgIpc) is 2.56. The Morgan fingerprint density at radius 1 is 1.00 bits per heavy atom. The number of anilines is 1. The van der Waals surface area contributed by atoms with Crippen LogP contribution in [0.5, 0.6) is 17.2 Å². The topological polar surface area (TPSA) is 56.8 Å². The summed E-state index contributed by atoms with van der Waals surface area (Å²) < 4.78 is 16.0. The molecule has 0 aliphatic carbocycles. The molecule has 2 rings (SSSR count). The second-order valence-corrected chi connectivity index (χ2v) is 4.63. The van der Waals surface area contributed by atoms with Gasteiger partial charge in [-0.25, -0.2) is 0 Å². The first-order valence-electron chi connectivity index (χ1n) is 6.88. The molecule has 0 heterocycles. The van der Waals surface area contributed by atoms with Gasteiger partial charge in [-0.15, -0.1) is 0 Å². The Labute approximate surface area is 129 Å². The molecule has 1 amide bonds. The minimum Gasteiger partial charge on any atom is -0.497 e. The summed E-state index contributed by atoms with van der Waals surface area (Å²) in [5, 5.41) is 2.79. The molecule has 2 aromatic carbocycles. The van der Waals surface area contributed by atoms with E-state index in [0.717, 1.165) is 0 Å². The molecular formula is C17H19NO4. The van der Waals surface area contributed by atoms with Crippen LogP contribution >= 0.6 is 0 Å². The number of carbonyl (C=O) groups excluding carboxylic acids is 1. The smallest absolute Gasteiger partial charge is 0.265 e. The molecule has 0 spiro atoms. The first-order valence-corrected chi connectivity index (χ1v) is 6.88. The molecule has 0 radical (unpaired) electrons. The lowest BCUT2D eigenvalue weighted by Crippen LogP contribution is -2.30. The lowest BCUT2D eigenvalue weighted by molar-refractivity contribution is -0.122. The fourth-order valence-corrected chi connectivity index (χ4v) is 1.89. The molecule has 0 aliphatic heterocycles. The first kappa shape index (κ1) is 15.7. The lowest BCUT2D eigenvalue weighted by atomic mass is 10.2. The third-order valence-electron chi connectivity index (χ3n) is 3.09. The zero-order chi connectivity index (χ0) is 15.9. The van der Waals surface area contributed by atoms with E-state index in [1.54, 1.807) is 44.4 Å². The molecule has 0 aromatic heterocycles. The van der Waals surface area contributed by atoms with Crippen LogP contribution in [0.25, 0.3) is 0 Å². The van der Waals surface area contributed by atoms with Crippen molar-refractivity contribution in [1.29, 1.82) is 0 Å². The number of hydrogen-bond donors (Lipinski definition) is 1. The molecule has 5 nitrogen and oxygen atoms in total. The molecule has 5 heteroatoms. The summed E-state index contributed by atoms with van der Waals surface area (Å²) in [4.78, 5) is 12.2. The summed E-state index contributed by atoms with van der Waals surface area (Å²) in [7, 11) is 3.11. The van der Waals surface area contributed by atoms with E-state index in [-0.39, 0.29) is 5.91 Å². The Morgan fingerprint density at radius 2 is 1.73 bits per heavy atom. The highest BCUT2D eigenvalue weighted by Gasteiger charge is 2.17. The second-order valence-electron chi connectivity index (χ2n) is 4.63. The fourth-order valence-electron chi connectivity index (χ4n) is 1.89. The van der Waals surface area contributed by atoms with E-state index in [4.69, 9.17) is 14.2 Å². The lowest BCUT2D eigenvalue weighted by Gasteiger charge is -2.16. The fraction of sp³-hybridized carbons (Fsp3) is 0.235. The predicted molar refractivity (Wildman–Crippen MR) is 84.7 cm³/mol. The number of para-hydroxylation sites is 1. The molecule has 0 bridgehead atoms. The number of rotatable bonds is 6. The summed E-state index contributed by atoms with van der Waals surface area (Å²) in [6, 6.07) is 14.4. The molecular weight excluding hydrogens is 282 g/mol. The zero-order valence-electron chi connectivity index (χ0n) is 12.8. The summed E-state index contributed by atoms with van der Waals surface area (Å²) in [6.07, 6.45) is -0.630. The third kappa shape index (κ3) is 3.91. The summed E-state index contributed by atoms with van der Waals surface area (Å²) in [5.41, 5.74) is 0.566. The first-order chi connectivity index (χ1) is 10.6. The highest BCUT2D eigenvalue weighted by Crippen LogP contribution is 2.29. The Bertz CT molecular complexity index is 628. The number of methoxy groups -OCH3 is 2. The van der Waals surface area contributed by atoms with Crippen LogP contribution in [-0.2, 0) is 4.79 Å². The van der Waals surface area contributed by atoms with Gasteiger partial charge in [-0.05, 0) is 31.2 Å². The molecule has 116 valence electrons. The van der Waals surface area contributed by atoms with E-state index in [9.17, 15) is 4.79 Å². The van der Waals surface area contributed by atoms with Crippen LogP contribution in [-0.4, -0.2) is 26.2 Å². The van der Waals surface area contributed by atoms with E-state index in [2.05, 4.69) is 5.32 Å². The maximum atomic E-state index is 12.2. The number of hydrogen-bond acceptors (Lipinski definition) is 4. The molecule has 0 saturated heterocycles. The SMILES string of the molecule is COc1ccc(NC(=O)[C@H](C)Oc2ccccc2)c(OC)c1. The van der Waals surface area contributed by atoms with Crippen LogP contribution in [0.1, 0.15) is 6.92 Å². The molecule has 0 unspecified atom stereocenters. The van der Waals surface area contributed by atoms with Gasteiger partial charge in [-0.2, -0.15) is 0 Å². The van der Waals surface area contributed by atoms with Gasteiger partial charge in [-0.3, -0.25) is 4.79 Å². The number of benzene rings is 2. The maximum absolute atomic E-state index is 12.2. The van der Waals surface area contributed by atoms with Crippen molar-refractivity contribution in [3.63, 3.8) is 0 Å². The molecule has 0 aliphatic rings. The van der Waals surface area contributed by atoms with Crippen LogP contribution in [0.4, 0.5) is 5.69 Å². The second kappa shape index (κ2) is 7.36. The van der Waals surface area contributed by atoms with Gasteiger partial charge >= 0.3 is 0 Å². The highest BCUT2D eigenvalue weighted by molar-refractivity contribution is 5.95. The summed E-state index contributed by atoms with van der Waals surface area (Å²) in [6.45, 7) is 1.69. The molecule has 0 saturated carbocycles. The summed E-state index contributed by atoms with van der Waals surface area (Å²) in [5.74, 6) is 1.57. The maximum Gasteiger partial charge on any atom is 0.265 e. The Balaban J connectivity index is 2.05. The number of ether oxygens (including phenoxy) is 3. The van der Waals surface area contributed by atoms with Gasteiger partial charge in [0.15, 0.2) is 6.10 Å². The van der Waals surface area contributed by atoms with E-state index >= 15 is 0 Å². The van der Waals surface area contributed by atoms with Crippen LogP contribution in [0, 0.1) is 0 Å². The van der Waals surface area contributed by atoms with Gasteiger partial charge in [0.1, 0.15) is 17.2 Å². The average molecular weight is 301 g/mol. The zero-order valence-corrected chi connectivity index (χ0v) is 12.8. The number of nitrogens with one attached hydrogen (secondary N) is 1. The minimum absolute atomic E-state index is 0.257. The normalized spacial score (nSPS) is 11.4. The van der Waals surface area contributed by atoms with Crippen molar-refractivity contribution >= 4 is 11.6 Å². The van der Waals surface area contributed by atoms with Gasteiger partial charge in [0.25, 0.3) is 5.91 Å². The number of amides is 1. The van der Waals surface area contributed by atoms with Gasteiger partial charge in [-0.1, -0.05) is 18.2 Å². The standard InChI is InChI=1S/C17H19NO4/c1-12(22-13-7-5-4-6-8-13)17(19)18-15-10-9-14(20-2)11-16(15)21-3/h4-12H,1-3H3,(H,18,19)/t12-/m0/s1. The predicted octanol–water partition coefficient (Wildman–Crippen LogP) is 3.11. The third-order valence-corrected chi connectivity index (χ3v) is 3.09. The van der Waals surface area contributed by atoms with Crippen molar-refractivity contribution in [2.75, 3.05) is 19.5 Å². The molecule has 0 fully saturated rings. The van der Waals surface area contributed by atoms with E-state index in [0.29, 0.717) is 22.9 Å².